The van der Waals surface area contributed by atoms with Gasteiger partial charge >= 0.3 is 0 Å². The molecule has 1 aromatic carbocycles. The minimum absolute atomic E-state index is 0.117. The number of amides is 1. The molecule has 6 heteroatoms. The minimum atomic E-state index is -0.122. The van der Waals surface area contributed by atoms with Crippen LogP contribution in [0.15, 0.2) is 29.5 Å². The van der Waals surface area contributed by atoms with Gasteiger partial charge in [-0.3, -0.25) is 9.80 Å². The molecule has 1 unspecified atom stereocenters. The molecular formula is C19H27N3O3. The predicted molar refractivity (Wildman–Crippen MR) is 99.1 cm³/mol. The lowest BCUT2D eigenvalue weighted by Crippen LogP contribution is -2.41. The number of rotatable bonds is 5. The van der Waals surface area contributed by atoms with E-state index in [1.807, 2.05) is 37.8 Å². The molecule has 0 N–H and O–H groups in total. The van der Waals surface area contributed by atoms with E-state index in [-0.39, 0.29) is 11.9 Å². The lowest BCUT2D eigenvalue weighted by molar-refractivity contribution is -0.131. The fourth-order valence-corrected chi connectivity index (χ4v) is 3.16. The maximum atomic E-state index is 12.9. The number of ether oxygens (including phenoxy) is 2. The van der Waals surface area contributed by atoms with E-state index in [1.165, 1.54) is 5.01 Å². The Bertz CT molecular complexity index is 691. The second-order valence-corrected chi connectivity index (χ2v) is 6.34. The van der Waals surface area contributed by atoms with Gasteiger partial charge in [-0.25, -0.2) is 0 Å². The molecule has 0 fully saturated rings. The van der Waals surface area contributed by atoms with Crippen LogP contribution in [-0.2, 0) is 11.2 Å². The zero-order chi connectivity index (χ0) is 18.7. The summed E-state index contributed by atoms with van der Waals surface area (Å²) < 4.78 is 10.9. The molecule has 2 rings (SSSR count). The van der Waals surface area contributed by atoms with Crippen molar-refractivity contribution in [1.82, 2.24) is 9.91 Å². The Hall–Kier alpha value is -2.50. The predicted octanol–water partition coefficient (Wildman–Crippen LogP) is 2.99. The second kappa shape index (κ2) is 7.59. The van der Waals surface area contributed by atoms with Crippen molar-refractivity contribution in [2.45, 2.75) is 33.2 Å². The number of hydrogen-bond acceptors (Lipinski definition) is 5. The van der Waals surface area contributed by atoms with E-state index in [9.17, 15) is 4.79 Å². The van der Waals surface area contributed by atoms with E-state index in [0.717, 1.165) is 34.8 Å². The van der Waals surface area contributed by atoms with Gasteiger partial charge in [0.05, 0.1) is 20.3 Å². The first kappa shape index (κ1) is 18.8. The van der Waals surface area contributed by atoms with Crippen LogP contribution in [0.4, 0.5) is 0 Å². The quantitative estimate of drug-likeness (QED) is 0.468. The van der Waals surface area contributed by atoms with Crippen LogP contribution in [0.1, 0.15) is 37.9 Å². The van der Waals surface area contributed by atoms with Crippen LogP contribution in [0.3, 0.4) is 0 Å². The number of carbonyl (C=O) groups excluding carboxylic acids is 1. The zero-order valence-electron chi connectivity index (χ0n) is 15.9. The molecule has 0 saturated carbocycles. The van der Waals surface area contributed by atoms with E-state index in [2.05, 4.69) is 11.7 Å². The molecule has 0 saturated heterocycles. The van der Waals surface area contributed by atoms with Gasteiger partial charge in [-0.1, -0.05) is 6.58 Å². The van der Waals surface area contributed by atoms with Crippen LogP contribution >= 0.6 is 0 Å². The van der Waals surface area contributed by atoms with Crippen molar-refractivity contribution < 1.29 is 14.3 Å². The Labute approximate surface area is 149 Å². The maximum absolute atomic E-state index is 12.9. The highest BCUT2D eigenvalue weighted by atomic mass is 16.5. The molecule has 0 radical (unpaired) electrons. The summed E-state index contributed by atoms with van der Waals surface area (Å²) in [4.78, 5) is 14.7. The van der Waals surface area contributed by atoms with Crippen LogP contribution < -0.4 is 9.47 Å². The largest absolute Gasteiger partial charge is 0.497 e. The molecule has 1 heterocycles. The molecule has 0 bridgehead atoms. The molecule has 1 aliphatic heterocycles. The highest BCUT2D eigenvalue weighted by Gasteiger charge is 2.32. The zero-order valence-corrected chi connectivity index (χ0v) is 15.9. The highest BCUT2D eigenvalue weighted by Crippen LogP contribution is 2.39. The summed E-state index contributed by atoms with van der Waals surface area (Å²) in [6.45, 7) is 10.3. The summed E-state index contributed by atoms with van der Waals surface area (Å²) in [5, 5.41) is 5.81. The van der Waals surface area contributed by atoms with Gasteiger partial charge in [0.25, 0.3) is 5.91 Å². The van der Waals surface area contributed by atoms with E-state index in [1.54, 1.807) is 21.3 Å². The summed E-state index contributed by atoms with van der Waals surface area (Å²) in [6.07, 6.45) is 0.742. The normalized spacial score (nSPS) is 15.9. The van der Waals surface area contributed by atoms with Gasteiger partial charge in [0.15, 0.2) is 0 Å². The summed E-state index contributed by atoms with van der Waals surface area (Å²) >= 11 is 0. The van der Waals surface area contributed by atoms with Crippen molar-refractivity contribution in [3.8, 4) is 11.5 Å². The molecule has 6 nitrogen and oxygen atoms in total. The van der Waals surface area contributed by atoms with Crippen molar-refractivity contribution in [3.63, 3.8) is 0 Å². The fourth-order valence-electron chi connectivity index (χ4n) is 3.16. The van der Waals surface area contributed by atoms with Gasteiger partial charge in [-0.05, 0) is 38.8 Å². The van der Waals surface area contributed by atoms with E-state index in [4.69, 9.17) is 9.47 Å². The highest BCUT2D eigenvalue weighted by molar-refractivity contribution is 5.93. The Morgan fingerprint density at radius 2 is 2.00 bits per heavy atom. The molecule has 1 aliphatic rings. The van der Waals surface area contributed by atoms with E-state index in [0.29, 0.717) is 12.2 Å². The van der Waals surface area contributed by atoms with Gasteiger partial charge in [0.1, 0.15) is 17.2 Å². The standard InChI is InChI=1S/C19H27N3O3/c1-12(2)20-21(5)14(4)19(23)22-9-8-15-10-16(24-6)11-17(25-7)18(15)13(22)3/h10-11,13H,4,8-9H2,1-3,5-7H3. The molecule has 1 atom stereocenters. The van der Waals surface area contributed by atoms with Crippen molar-refractivity contribution in [2.75, 3.05) is 27.8 Å². The molecule has 0 aliphatic carbocycles. The van der Waals surface area contributed by atoms with Gasteiger partial charge in [-0.2, -0.15) is 5.10 Å². The Morgan fingerprint density at radius 3 is 2.56 bits per heavy atom. The van der Waals surface area contributed by atoms with Crippen LogP contribution in [0.25, 0.3) is 0 Å². The van der Waals surface area contributed by atoms with Crippen LogP contribution in [0.5, 0.6) is 11.5 Å². The Morgan fingerprint density at radius 1 is 1.32 bits per heavy atom. The maximum Gasteiger partial charge on any atom is 0.271 e. The van der Waals surface area contributed by atoms with E-state index < -0.39 is 0 Å². The fraction of sp³-hybridized carbons (Fsp3) is 0.474. The average molecular weight is 345 g/mol. The van der Waals surface area contributed by atoms with Crippen molar-refractivity contribution >= 4 is 11.6 Å². The first-order valence-corrected chi connectivity index (χ1v) is 8.30. The lowest BCUT2D eigenvalue weighted by Gasteiger charge is -2.37. The molecule has 0 spiro atoms. The van der Waals surface area contributed by atoms with Crippen molar-refractivity contribution in [1.29, 1.82) is 0 Å². The molecular weight excluding hydrogens is 318 g/mol. The number of fused-ring (bicyclic) bond motifs is 1. The first-order valence-electron chi connectivity index (χ1n) is 8.30. The smallest absolute Gasteiger partial charge is 0.271 e. The average Bonchev–Trinajstić information content (AvgIpc) is 2.59. The Kier molecular flexibility index (Phi) is 5.72. The van der Waals surface area contributed by atoms with Crippen molar-refractivity contribution in [3.05, 3.63) is 35.5 Å². The topological polar surface area (TPSA) is 54.4 Å². The number of methoxy groups -OCH3 is 2. The minimum Gasteiger partial charge on any atom is -0.497 e. The molecule has 1 aromatic rings. The molecule has 25 heavy (non-hydrogen) atoms. The van der Waals surface area contributed by atoms with Gasteiger partial charge < -0.3 is 14.4 Å². The van der Waals surface area contributed by atoms with Crippen LogP contribution in [0, 0.1) is 0 Å². The number of hydrazone groups is 1. The van der Waals surface area contributed by atoms with Gasteiger partial charge in [-0.15, -0.1) is 0 Å². The number of nitrogens with zero attached hydrogens (tertiary/aromatic N) is 3. The van der Waals surface area contributed by atoms with Crippen LogP contribution in [0.2, 0.25) is 0 Å². The van der Waals surface area contributed by atoms with Crippen LogP contribution in [-0.4, -0.2) is 49.3 Å². The number of hydrogen-bond donors (Lipinski definition) is 0. The summed E-state index contributed by atoms with van der Waals surface area (Å²) in [5.41, 5.74) is 3.38. The third kappa shape index (κ3) is 3.78. The first-order chi connectivity index (χ1) is 11.8. The van der Waals surface area contributed by atoms with E-state index >= 15 is 0 Å². The van der Waals surface area contributed by atoms with Gasteiger partial charge in [0, 0.05) is 30.9 Å². The number of benzene rings is 1. The number of likely N-dealkylation sites (N-methyl/N-ethyl adjacent to an activating group) is 1. The SMILES string of the molecule is C=C(C(=O)N1CCc2cc(OC)cc(OC)c2C1C)N(C)N=C(C)C. The third-order valence-corrected chi connectivity index (χ3v) is 4.41. The summed E-state index contributed by atoms with van der Waals surface area (Å²) in [6, 6.07) is 3.76. The Balaban J connectivity index is 2.32. The van der Waals surface area contributed by atoms with Gasteiger partial charge in [0.2, 0.25) is 0 Å². The lowest BCUT2D eigenvalue weighted by atomic mass is 9.92. The second-order valence-electron chi connectivity index (χ2n) is 6.34. The van der Waals surface area contributed by atoms with Crippen molar-refractivity contribution in [2.24, 2.45) is 5.10 Å². The molecule has 0 aromatic heterocycles. The molecule has 1 amide bonds. The number of carbonyl (C=O) groups is 1. The monoisotopic (exact) mass is 345 g/mol. The summed E-state index contributed by atoms with van der Waals surface area (Å²) in [7, 11) is 5.01. The molecule has 136 valence electrons. The third-order valence-electron chi connectivity index (χ3n) is 4.41. The summed E-state index contributed by atoms with van der Waals surface area (Å²) in [5.74, 6) is 1.38.